The van der Waals surface area contributed by atoms with Crippen molar-refractivity contribution in [2.24, 2.45) is 0 Å². The average molecular weight is 440 g/mol. The summed E-state index contributed by atoms with van der Waals surface area (Å²) in [7, 11) is 1.59. The van der Waals surface area contributed by atoms with Gasteiger partial charge in [0.15, 0.2) is 0 Å². The maximum atomic E-state index is 12.5. The van der Waals surface area contributed by atoms with Gasteiger partial charge in [-0.15, -0.1) is 0 Å². The number of rotatable bonds is 8. The van der Waals surface area contributed by atoms with E-state index in [4.69, 9.17) is 9.47 Å². The summed E-state index contributed by atoms with van der Waals surface area (Å²) in [6.45, 7) is 1.49. The van der Waals surface area contributed by atoms with E-state index in [1.54, 1.807) is 25.3 Å². The van der Waals surface area contributed by atoms with E-state index in [1.807, 2.05) is 54.6 Å². The Morgan fingerprint density at radius 2 is 1.64 bits per heavy atom. The van der Waals surface area contributed by atoms with Gasteiger partial charge in [-0.05, 0) is 50.8 Å². The molecule has 28 heavy (non-hydrogen) atoms. The topological polar surface area (TPSA) is 47.6 Å². The molecule has 144 valence electrons. The van der Waals surface area contributed by atoms with Crippen LogP contribution in [0.2, 0.25) is 0 Å². The first-order valence-electron chi connectivity index (χ1n) is 8.97. The molecule has 4 nitrogen and oxygen atoms in total. The molecule has 1 N–H and O–H groups in total. The van der Waals surface area contributed by atoms with E-state index >= 15 is 0 Å². The van der Waals surface area contributed by atoms with Crippen LogP contribution < -0.4 is 10.1 Å². The van der Waals surface area contributed by atoms with E-state index in [9.17, 15) is 4.79 Å². The second-order valence-electron chi connectivity index (χ2n) is 6.28. The normalized spacial score (nSPS) is 10.5. The van der Waals surface area contributed by atoms with Gasteiger partial charge < -0.3 is 14.8 Å². The van der Waals surface area contributed by atoms with Crippen LogP contribution in [-0.2, 0) is 24.5 Å². The molecular formula is C23H22BrNO3. The molecule has 0 radical (unpaired) electrons. The number of halogens is 1. The Labute approximate surface area is 173 Å². The van der Waals surface area contributed by atoms with Crippen LogP contribution in [0, 0.1) is 0 Å². The number of nitrogens with one attached hydrogen (secondary N) is 1. The van der Waals surface area contributed by atoms with Crippen molar-refractivity contribution in [3.05, 3.63) is 99.5 Å². The van der Waals surface area contributed by atoms with E-state index in [2.05, 4.69) is 21.2 Å². The van der Waals surface area contributed by atoms with Crippen LogP contribution in [0.5, 0.6) is 5.75 Å². The van der Waals surface area contributed by atoms with Gasteiger partial charge in [-0.3, -0.25) is 4.79 Å². The highest BCUT2D eigenvalue weighted by molar-refractivity contribution is 9.10. The van der Waals surface area contributed by atoms with Gasteiger partial charge in [-0.25, -0.2) is 0 Å². The molecule has 3 aromatic carbocycles. The Morgan fingerprint density at radius 3 is 2.36 bits per heavy atom. The molecule has 0 fully saturated rings. The summed E-state index contributed by atoms with van der Waals surface area (Å²) in [4.78, 5) is 12.5. The van der Waals surface area contributed by atoms with Gasteiger partial charge in [0.2, 0.25) is 0 Å². The number of hydrogen-bond donors (Lipinski definition) is 1. The van der Waals surface area contributed by atoms with E-state index in [0.717, 1.165) is 21.2 Å². The predicted molar refractivity (Wildman–Crippen MR) is 113 cm³/mol. The maximum absolute atomic E-state index is 12.5. The molecule has 0 bridgehead atoms. The monoisotopic (exact) mass is 439 g/mol. The minimum absolute atomic E-state index is 0.136. The number of carbonyl (C=O) groups excluding carboxylic acids is 1. The fourth-order valence-corrected chi connectivity index (χ4v) is 3.35. The fourth-order valence-electron chi connectivity index (χ4n) is 2.81. The van der Waals surface area contributed by atoms with Gasteiger partial charge in [0, 0.05) is 12.1 Å². The van der Waals surface area contributed by atoms with Crippen molar-refractivity contribution in [3.63, 3.8) is 0 Å². The zero-order chi connectivity index (χ0) is 19.8. The molecule has 3 rings (SSSR count). The quantitative estimate of drug-likeness (QED) is 0.530. The summed E-state index contributed by atoms with van der Waals surface area (Å²) < 4.78 is 11.8. The van der Waals surface area contributed by atoms with E-state index in [0.29, 0.717) is 31.1 Å². The lowest BCUT2D eigenvalue weighted by molar-refractivity contribution is 0.0947. The summed E-state index contributed by atoms with van der Waals surface area (Å²) in [5, 5.41) is 2.97. The van der Waals surface area contributed by atoms with Crippen molar-refractivity contribution >= 4 is 21.8 Å². The lowest BCUT2D eigenvalue weighted by atomic mass is 10.1. The predicted octanol–water partition coefficient (Wildman–Crippen LogP) is 5.10. The molecule has 0 unspecified atom stereocenters. The Morgan fingerprint density at radius 1 is 0.929 bits per heavy atom. The highest BCUT2D eigenvalue weighted by atomic mass is 79.9. The third kappa shape index (κ3) is 5.44. The Kier molecular flexibility index (Phi) is 7.23. The third-order valence-electron chi connectivity index (χ3n) is 4.34. The minimum Gasteiger partial charge on any atom is -0.496 e. The summed E-state index contributed by atoms with van der Waals surface area (Å²) >= 11 is 3.41. The third-order valence-corrected chi connectivity index (χ3v) is 4.96. The van der Waals surface area contributed by atoms with Crippen LogP contribution >= 0.6 is 15.9 Å². The van der Waals surface area contributed by atoms with Crippen LogP contribution in [0.1, 0.15) is 27.0 Å². The molecular weight excluding hydrogens is 418 g/mol. The molecule has 0 aliphatic rings. The standard InChI is InChI=1S/C23H22BrNO3/c1-27-22-12-11-18(13-21(22)24)23(26)25-14-19-9-5-6-10-20(19)16-28-15-17-7-3-2-4-8-17/h2-13H,14-16H2,1H3,(H,25,26). The largest absolute Gasteiger partial charge is 0.496 e. The summed E-state index contributed by atoms with van der Waals surface area (Å²) in [6, 6.07) is 23.3. The number of ether oxygens (including phenoxy) is 2. The van der Waals surface area contributed by atoms with Crippen LogP contribution in [0.15, 0.2) is 77.3 Å². The molecule has 5 heteroatoms. The van der Waals surface area contributed by atoms with Gasteiger partial charge in [-0.2, -0.15) is 0 Å². The van der Waals surface area contributed by atoms with Crippen molar-refractivity contribution < 1.29 is 14.3 Å². The van der Waals surface area contributed by atoms with Gasteiger partial charge in [0.05, 0.1) is 24.8 Å². The first kappa shape index (κ1) is 20.1. The molecule has 0 aromatic heterocycles. The molecule has 0 heterocycles. The molecule has 1 amide bonds. The molecule has 0 spiro atoms. The highest BCUT2D eigenvalue weighted by Crippen LogP contribution is 2.25. The first-order chi connectivity index (χ1) is 13.7. The Bertz CT molecular complexity index is 928. The maximum Gasteiger partial charge on any atom is 0.251 e. The van der Waals surface area contributed by atoms with Crippen LogP contribution in [0.4, 0.5) is 0 Å². The van der Waals surface area contributed by atoms with Gasteiger partial charge in [0.1, 0.15) is 5.75 Å². The molecule has 0 saturated heterocycles. The van der Waals surface area contributed by atoms with Crippen molar-refractivity contribution in [1.29, 1.82) is 0 Å². The number of carbonyl (C=O) groups is 1. The number of methoxy groups -OCH3 is 1. The number of benzene rings is 3. The second kappa shape index (κ2) is 10.1. The van der Waals surface area contributed by atoms with Crippen molar-refractivity contribution in [2.75, 3.05) is 7.11 Å². The molecule has 0 atom stereocenters. The lowest BCUT2D eigenvalue weighted by Crippen LogP contribution is -2.23. The summed E-state index contributed by atoms with van der Waals surface area (Å²) in [5.74, 6) is 0.556. The second-order valence-corrected chi connectivity index (χ2v) is 7.13. The van der Waals surface area contributed by atoms with Crippen LogP contribution in [0.3, 0.4) is 0 Å². The van der Waals surface area contributed by atoms with E-state index in [1.165, 1.54) is 0 Å². The zero-order valence-corrected chi connectivity index (χ0v) is 17.2. The first-order valence-corrected chi connectivity index (χ1v) is 9.77. The van der Waals surface area contributed by atoms with Crippen molar-refractivity contribution in [3.8, 4) is 5.75 Å². The molecule has 0 aliphatic heterocycles. The van der Waals surface area contributed by atoms with E-state index < -0.39 is 0 Å². The Hall–Kier alpha value is -2.63. The SMILES string of the molecule is COc1ccc(C(=O)NCc2ccccc2COCc2ccccc2)cc1Br. The minimum atomic E-state index is -0.136. The van der Waals surface area contributed by atoms with Crippen LogP contribution in [0.25, 0.3) is 0 Å². The Balaban J connectivity index is 1.58. The number of amides is 1. The summed E-state index contributed by atoms with van der Waals surface area (Å²) in [5.41, 5.74) is 3.81. The smallest absolute Gasteiger partial charge is 0.251 e. The average Bonchev–Trinajstić information content (AvgIpc) is 2.73. The lowest BCUT2D eigenvalue weighted by Gasteiger charge is -2.12. The van der Waals surface area contributed by atoms with Crippen molar-refractivity contribution in [1.82, 2.24) is 5.32 Å². The molecule has 0 aliphatic carbocycles. The zero-order valence-electron chi connectivity index (χ0n) is 15.7. The van der Waals surface area contributed by atoms with E-state index in [-0.39, 0.29) is 5.91 Å². The highest BCUT2D eigenvalue weighted by Gasteiger charge is 2.10. The van der Waals surface area contributed by atoms with Gasteiger partial charge in [0.25, 0.3) is 5.91 Å². The van der Waals surface area contributed by atoms with Gasteiger partial charge in [-0.1, -0.05) is 54.6 Å². The number of hydrogen-bond acceptors (Lipinski definition) is 3. The van der Waals surface area contributed by atoms with Crippen molar-refractivity contribution in [2.45, 2.75) is 19.8 Å². The molecule has 0 saturated carbocycles. The fraction of sp³-hybridized carbons (Fsp3) is 0.174. The molecule has 3 aromatic rings. The van der Waals surface area contributed by atoms with Crippen LogP contribution in [-0.4, -0.2) is 13.0 Å². The summed E-state index contributed by atoms with van der Waals surface area (Å²) in [6.07, 6.45) is 0. The van der Waals surface area contributed by atoms with Gasteiger partial charge >= 0.3 is 0 Å².